The molecule has 8 nitrogen and oxygen atoms in total. The van der Waals surface area contributed by atoms with E-state index < -0.39 is 23.6 Å². The summed E-state index contributed by atoms with van der Waals surface area (Å²) in [7, 11) is 2.93. The predicted octanol–water partition coefficient (Wildman–Crippen LogP) is 5.93. The third kappa shape index (κ3) is 5.75. The van der Waals surface area contributed by atoms with E-state index in [0.717, 1.165) is 27.5 Å². The molecule has 0 spiro atoms. The molecule has 2 aromatic heterocycles. The molecule has 4 rings (SSSR count). The Bertz CT molecular complexity index is 1530. The average molecular weight is 561 g/mol. The van der Waals surface area contributed by atoms with Gasteiger partial charge in [0.05, 0.1) is 30.5 Å². The maximum absolute atomic E-state index is 13.6. The minimum absolute atomic E-state index is 0.00485. The van der Waals surface area contributed by atoms with Crippen molar-refractivity contribution in [3.8, 4) is 22.1 Å². The SMILES string of the molecule is CCOC(=O)CN(C)C(=O)c1nn(-c2nc(-c3cccc(OC)c3)c(C(C)C)s2)c2ccc(C(F)(F)F)cc12. The Balaban J connectivity index is 1.88. The maximum atomic E-state index is 13.6. The summed E-state index contributed by atoms with van der Waals surface area (Å²) in [6.45, 7) is 5.40. The van der Waals surface area contributed by atoms with Gasteiger partial charge in [-0.25, -0.2) is 9.67 Å². The van der Waals surface area contributed by atoms with Gasteiger partial charge in [-0.15, -0.1) is 0 Å². The van der Waals surface area contributed by atoms with Crippen LogP contribution in [0.5, 0.6) is 5.75 Å². The fourth-order valence-electron chi connectivity index (χ4n) is 4.03. The van der Waals surface area contributed by atoms with Crippen molar-refractivity contribution in [1.82, 2.24) is 19.7 Å². The van der Waals surface area contributed by atoms with Crippen LogP contribution in [0.25, 0.3) is 27.3 Å². The first-order valence-electron chi connectivity index (χ1n) is 12.1. The molecule has 2 aromatic carbocycles. The van der Waals surface area contributed by atoms with Crippen LogP contribution in [0.15, 0.2) is 42.5 Å². The van der Waals surface area contributed by atoms with Crippen molar-refractivity contribution in [3.05, 3.63) is 58.6 Å². The number of thiazole rings is 1. The van der Waals surface area contributed by atoms with Crippen molar-refractivity contribution in [2.45, 2.75) is 32.9 Å². The van der Waals surface area contributed by atoms with Crippen molar-refractivity contribution in [1.29, 1.82) is 0 Å². The Morgan fingerprint density at radius 3 is 2.54 bits per heavy atom. The van der Waals surface area contributed by atoms with E-state index in [-0.39, 0.29) is 35.7 Å². The number of hydrogen-bond donors (Lipinski definition) is 0. The van der Waals surface area contributed by atoms with Crippen LogP contribution >= 0.6 is 11.3 Å². The summed E-state index contributed by atoms with van der Waals surface area (Å²) in [5.41, 5.74) is 0.619. The molecular weight excluding hydrogens is 533 g/mol. The van der Waals surface area contributed by atoms with Gasteiger partial charge < -0.3 is 14.4 Å². The van der Waals surface area contributed by atoms with Gasteiger partial charge in [0, 0.05) is 22.9 Å². The Labute approximate surface area is 227 Å². The second kappa shape index (κ2) is 11.0. The number of hydrogen-bond acceptors (Lipinski definition) is 7. The van der Waals surface area contributed by atoms with Gasteiger partial charge in [0.2, 0.25) is 5.13 Å². The summed E-state index contributed by atoms with van der Waals surface area (Å²) in [5.74, 6) is -0.635. The molecule has 0 unspecified atom stereocenters. The van der Waals surface area contributed by atoms with Gasteiger partial charge in [0.1, 0.15) is 12.3 Å². The number of likely N-dealkylation sites (N-methyl/N-ethyl adjacent to an activating group) is 1. The quantitative estimate of drug-likeness (QED) is 0.248. The number of amides is 1. The zero-order valence-corrected chi connectivity index (χ0v) is 22.8. The second-order valence-electron chi connectivity index (χ2n) is 9.05. The van der Waals surface area contributed by atoms with E-state index in [1.165, 1.54) is 29.1 Å². The molecule has 0 atom stereocenters. The highest BCUT2D eigenvalue weighted by Gasteiger charge is 2.33. The molecule has 206 valence electrons. The third-order valence-corrected chi connectivity index (χ3v) is 7.25. The van der Waals surface area contributed by atoms with E-state index in [9.17, 15) is 22.8 Å². The minimum atomic E-state index is -4.63. The molecular formula is C27H27F3N4O4S. The van der Waals surface area contributed by atoms with Gasteiger partial charge in [-0.2, -0.15) is 18.3 Å². The number of fused-ring (bicyclic) bond motifs is 1. The normalized spacial score (nSPS) is 11.7. The lowest BCUT2D eigenvalue weighted by Gasteiger charge is -2.15. The first-order chi connectivity index (χ1) is 18.4. The zero-order valence-electron chi connectivity index (χ0n) is 22.0. The molecule has 39 heavy (non-hydrogen) atoms. The van der Waals surface area contributed by atoms with Crippen LogP contribution in [0.1, 0.15) is 47.6 Å². The first-order valence-corrected chi connectivity index (χ1v) is 12.9. The first kappa shape index (κ1) is 28.1. The molecule has 2 heterocycles. The lowest BCUT2D eigenvalue weighted by Crippen LogP contribution is -2.33. The number of nitrogens with zero attached hydrogens (tertiary/aromatic N) is 4. The molecule has 1 amide bonds. The number of ether oxygens (including phenoxy) is 2. The van der Waals surface area contributed by atoms with Gasteiger partial charge >= 0.3 is 12.1 Å². The van der Waals surface area contributed by atoms with Crippen LogP contribution in [-0.4, -0.2) is 58.8 Å². The van der Waals surface area contributed by atoms with E-state index in [2.05, 4.69) is 5.10 Å². The second-order valence-corrected chi connectivity index (χ2v) is 10.1. The van der Waals surface area contributed by atoms with Crippen molar-refractivity contribution < 1.29 is 32.2 Å². The van der Waals surface area contributed by atoms with Crippen molar-refractivity contribution in [2.75, 3.05) is 27.3 Å². The zero-order chi connectivity index (χ0) is 28.5. The number of esters is 1. The van der Waals surface area contributed by atoms with Crippen molar-refractivity contribution >= 4 is 34.1 Å². The Morgan fingerprint density at radius 2 is 1.90 bits per heavy atom. The van der Waals surface area contributed by atoms with E-state index in [1.807, 2.05) is 38.1 Å². The molecule has 0 bridgehead atoms. The Hall–Kier alpha value is -3.93. The summed E-state index contributed by atoms with van der Waals surface area (Å²) in [4.78, 5) is 32.0. The average Bonchev–Trinajstić information content (AvgIpc) is 3.50. The lowest BCUT2D eigenvalue weighted by molar-refractivity contribution is -0.143. The fourth-order valence-corrected chi connectivity index (χ4v) is 5.09. The monoisotopic (exact) mass is 560 g/mol. The summed E-state index contributed by atoms with van der Waals surface area (Å²) >= 11 is 1.33. The van der Waals surface area contributed by atoms with Gasteiger partial charge in [0.15, 0.2) is 5.69 Å². The number of halogens is 3. The van der Waals surface area contributed by atoms with E-state index in [0.29, 0.717) is 16.6 Å². The van der Waals surface area contributed by atoms with Crippen LogP contribution < -0.4 is 4.74 Å². The summed E-state index contributed by atoms with van der Waals surface area (Å²) in [5, 5.41) is 4.81. The topological polar surface area (TPSA) is 86.6 Å². The molecule has 0 saturated carbocycles. The number of rotatable bonds is 8. The summed E-state index contributed by atoms with van der Waals surface area (Å²) in [6.07, 6.45) is -4.63. The number of aromatic nitrogens is 3. The highest BCUT2D eigenvalue weighted by atomic mass is 32.1. The number of carbonyl (C=O) groups is 2. The standard InChI is InChI=1S/C27H27F3N4O4S/c1-6-38-21(35)14-33(4)25(36)23-19-13-17(27(28,29)30)10-11-20(19)34(32-23)26-31-22(24(39-26)15(2)3)16-8-7-9-18(12-16)37-5/h7-13,15H,6,14H2,1-5H3. The van der Waals surface area contributed by atoms with Crippen LogP contribution in [0.2, 0.25) is 0 Å². The third-order valence-electron chi connectivity index (χ3n) is 5.92. The minimum Gasteiger partial charge on any atom is -0.497 e. The smallest absolute Gasteiger partial charge is 0.416 e. The molecule has 12 heteroatoms. The molecule has 0 aliphatic carbocycles. The molecule has 0 radical (unpaired) electrons. The molecule has 0 N–H and O–H groups in total. The van der Waals surface area contributed by atoms with Gasteiger partial charge in [-0.05, 0) is 43.2 Å². The van der Waals surface area contributed by atoms with Crippen molar-refractivity contribution in [3.63, 3.8) is 0 Å². The number of carbonyl (C=O) groups excluding carboxylic acids is 2. The van der Waals surface area contributed by atoms with Gasteiger partial charge in [-0.3, -0.25) is 9.59 Å². The van der Waals surface area contributed by atoms with Crippen molar-refractivity contribution in [2.24, 2.45) is 0 Å². The molecule has 0 aliphatic rings. The van der Waals surface area contributed by atoms with Crippen LogP contribution in [-0.2, 0) is 15.7 Å². The molecule has 4 aromatic rings. The lowest BCUT2D eigenvalue weighted by atomic mass is 10.1. The fraction of sp³-hybridized carbons (Fsp3) is 0.333. The predicted molar refractivity (Wildman–Crippen MR) is 141 cm³/mol. The largest absolute Gasteiger partial charge is 0.497 e. The Kier molecular flexibility index (Phi) is 7.96. The molecule has 0 fully saturated rings. The van der Waals surface area contributed by atoms with Crippen LogP contribution in [0, 0.1) is 0 Å². The molecule has 0 saturated heterocycles. The van der Waals surface area contributed by atoms with Crippen LogP contribution in [0.4, 0.5) is 13.2 Å². The highest BCUT2D eigenvalue weighted by Crippen LogP contribution is 2.38. The van der Waals surface area contributed by atoms with E-state index >= 15 is 0 Å². The highest BCUT2D eigenvalue weighted by molar-refractivity contribution is 7.14. The summed E-state index contributed by atoms with van der Waals surface area (Å²) < 4.78 is 52.4. The van der Waals surface area contributed by atoms with Gasteiger partial charge in [-0.1, -0.05) is 37.3 Å². The number of alkyl halides is 3. The molecule has 0 aliphatic heterocycles. The number of benzene rings is 2. The number of methoxy groups -OCH3 is 1. The van der Waals surface area contributed by atoms with E-state index in [4.69, 9.17) is 14.5 Å². The maximum Gasteiger partial charge on any atom is 0.416 e. The van der Waals surface area contributed by atoms with Gasteiger partial charge in [0.25, 0.3) is 5.91 Å². The Morgan fingerprint density at radius 1 is 1.15 bits per heavy atom. The summed E-state index contributed by atoms with van der Waals surface area (Å²) in [6, 6.07) is 10.5. The van der Waals surface area contributed by atoms with Crippen LogP contribution in [0.3, 0.4) is 0 Å². The van der Waals surface area contributed by atoms with E-state index in [1.54, 1.807) is 14.0 Å².